The Hall–Kier alpha value is -2.37. The summed E-state index contributed by atoms with van der Waals surface area (Å²) in [6.45, 7) is 5.90. The molecule has 6 heteroatoms. The van der Waals surface area contributed by atoms with Crippen LogP contribution in [0.5, 0.6) is 5.75 Å². The van der Waals surface area contributed by atoms with Crippen molar-refractivity contribution < 1.29 is 9.50 Å². The standard InChI is InChI=1S/C26H29ClFN3O/c27-22-16-20(17-23(28)26(22)32)19-3-4-24-21(15-19)25(5-9-29-24)31-13-7-18(8-14-31)6-12-30-10-1-2-11-30/h3-5,9,15-18,32H,1-2,6-8,10-14H2. The largest absolute Gasteiger partial charge is 0.504 e. The summed E-state index contributed by atoms with van der Waals surface area (Å²) in [7, 11) is 0. The predicted molar refractivity (Wildman–Crippen MR) is 129 cm³/mol. The van der Waals surface area contributed by atoms with Gasteiger partial charge in [-0.2, -0.15) is 0 Å². The van der Waals surface area contributed by atoms with E-state index in [0.717, 1.165) is 35.5 Å². The highest BCUT2D eigenvalue weighted by Gasteiger charge is 2.22. The third kappa shape index (κ3) is 4.41. The summed E-state index contributed by atoms with van der Waals surface area (Å²) in [5.74, 6) is -0.418. The molecule has 1 aromatic heterocycles. The molecule has 168 valence electrons. The quantitative estimate of drug-likeness (QED) is 0.506. The van der Waals surface area contributed by atoms with Crippen molar-refractivity contribution in [2.24, 2.45) is 5.92 Å². The topological polar surface area (TPSA) is 39.6 Å². The molecular formula is C26H29ClFN3O. The number of nitrogens with zero attached hydrogens (tertiary/aromatic N) is 3. The van der Waals surface area contributed by atoms with E-state index in [1.807, 2.05) is 18.3 Å². The first-order valence-electron chi connectivity index (χ1n) is 11.6. The van der Waals surface area contributed by atoms with Gasteiger partial charge in [-0.3, -0.25) is 4.98 Å². The van der Waals surface area contributed by atoms with Gasteiger partial charge < -0.3 is 14.9 Å². The molecule has 2 saturated heterocycles. The number of phenols is 1. The van der Waals surface area contributed by atoms with Crippen LogP contribution in [0.3, 0.4) is 0 Å². The number of anilines is 1. The van der Waals surface area contributed by atoms with Gasteiger partial charge in [-0.1, -0.05) is 17.7 Å². The average Bonchev–Trinajstić information content (AvgIpc) is 3.34. The number of halogens is 2. The van der Waals surface area contributed by atoms with Crippen molar-refractivity contribution in [3.8, 4) is 16.9 Å². The van der Waals surface area contributed by atoms with Gasteiger partial charge in [-0.15, -0.1) is 0 Å². The molecule has 0 amide bonds. The van der Waals surface area contributed by atoms with Crippen molar-refractivity contribution in [3.63, 3.8) is 0 Å². The van der Waals surface area contributed by atoms with Crippen LogP contribution in [0.15, 0.2) is 42.6 Å². The number of piperidine rings is 1. The first-order valence-corrected chi connectivity index (χ1v) is 12.0. The van der Waals surface area contributed by atoms with E-state index >= 15 is 0 Å². The highest BCUT2D eigenvalue weighted by Crippen LogP contribution is 2.36. The SMILES string of the molecule is Oc1c(F)cc(-c2ccc3nccc(N4CCC(CCN5CCCC5)CC4)c3c2)cc1Cl. The summed E-state index contributed by atoms with van der Waals surface area (Å²) in [6.07, 6.45) is 8.33. The van der Waals surface area contributed by atoms with Crippen molar-refractivity contribution in [1.82, 2.24) is 9.88 Å². The van der Waals surface area contributed by atoms with Gasteiger partial charge in [0, 0.05) is 30.4 Å². The van der Waals surface area contributed by atoms with Crippen molar-refractivity contribution >= 4 is 28.2 Å². The maximum absolute atomic E-state index is 14.0. The third-order valence-corrected chi connectivity index (χ3v) is 7.36. The number of fused-ring (bicyclic) bond motifs is 1. The van der Waals surface area contributed by atoms with Crippen LogP contribution in [0.1, 0.15) is 32.1 Å². The van der Waals surface area contributed by atoms with Gasteiger partial charge in [0.1, 0.15) is 0 Å². The lowest BCUT2D eigenvalue weighted by atomic mass is 9.92. The van der Waals surface area contributed by atoms with E-state index in [9.17, 15) is 9.50 Å². The lowest BCUT2D eigenvalue weighted by Crippen LogP contribution is -2.35. The molecule has 2 fully saturated rings. The van der Waals surface area contributed by atoms with Crippen molar-refractivity contribution in [2.75, 3.05) is 37.6 Å². The summed E-state index contributed by atoms with van der Waals surface area (Å²) in [6, 6.07) is 11.0. The number of pyridine rings is 1. The Morgan fingerprint density at radius 1 is 1.00 bits per heavy atom. The number of aromatic nitrogens is 1. The van der Waals surface area contributed by atoms with Gasteiger partial charge in [0.05, 0.1) is 10.5 Å². The summed E-state index contributed by atoms with van der Waals surface area (Å²) in [5.41, 5.74) is 3.60. The zero-order valence-corrected chi connectivity index (χ0v) is 19.0. The molecular weight excluding hydrogens is 425 g/mol. The Balaban J connectivity index is 1.35. The van der Waals surface area contributed by atoms with E-state index < -0.39 is 11.6 Å². The number of aromatic hydroxyl groups is 1. The van der Waals surface area contributed by atoms with Crippen LogP contribution in [0, 0.1) is 11.7 Å². The zero-order valence-electron chi connectivity index (χ0n) is 18.2. The Labute approximate surface area is 193 Å². The van der Waals surface area contributed by atoms with E-state index in [4.69, 9.17) is 11.6 Å². The lowest BCUT2D eigenvalue weighted by molar-refractivity contribution is 0.280. The highest BCUT2D eigenvalue weighted by atomic mass is 35.5. The van der Waals surface area contributed by atoms with Crippen LogP contribution in [0.4, 0.5) is 10.1 Å². The Morgan fingerprint density at radius 3 is 2.53 bits per heavy atom. The Morgan fingerprint density at radius 2 is 1.78 bits per heavy atom. The number of benzene rings is 2. The van der Waals surface area contributed by atoms with Gasteiger partial charge >= 0.3 is 0 Å². The van der Waals surface area contributed by atoms with Crippen molar-refractivity contribution in [1.29, 1.82) is 0 Å². The van der Waals surface area contributed by atoms with Crippen LogP contribution in [0.25, 0.3) is 22.0 Å². The number of rotatable bonds is 5. The molecule has 5 rings (SSSR count). The zero-order chi connectivity index (χ0) is 22.1. The Kier molecular flexibility index (Phi) is 6.20. The number of likely N-dealkylation sites (tertiary alicyclic amines) is 1. The van der Waals surface area contributed by atoms with E-state index in [1.54, 1.807) is 6.07 Å². The van der Waals surface area contributed by atoms with Crippen LogP contribution >= 0.6 is 11.6 Å². The number of hydrogen-bond donors (Lipinski definition) is 1. The van der Waals surface area contributed by atoms with E-state index in [1.165, 1.54) is 63.5 Å². The minimum atomic E-state index is -0.713. The van der Waals surface area contributed by atoms with Crippen LogP contribution < -0.4 is 4.90 Å². The molecule has 4 nitrogen and oxygen atoms in total. The summed E-state index contributed by atoms with van der Waals surface area (Å²) >= 11 is 6.01. The summed E-state index contributed by atoms with van der Waals surface area (Å²) in [5, 5.41) is 10.7. The fraction of sp³-hybridized carbons (Fsp3) is 0.423. The maximum atomic E-state index is 14.0. The fourth-order valence-electron chi connectivity index (χ4n) is 5.15. The summed E-state index contributed by atoms with van der Waals surface area (Å²) in [4.78, 5) is 9.61. The second-order valence-electron chi connectivity index (χ2n) is 9.12. The molecule has 0 bridgehead atoms. The average molecular weight is 454 g/mol. The Bertz CT molecular complexity index is 1080. The van der Waals surface area contributed by atoms with E-state index in [2.05, 4.69) is 26.9 Å². The maximum Gasteiger partial charge on any atom is 0.170 e. The van der Waals surface area contributed by atoms with Gasteiger partial charge in [0.2, 0.25) is 0 Å². The molecule has 2 aliphatic heterocycles. The molecule has 2 aliphatic rings. The van der Waals surface area contributed by atoms with Gasteiger partial charge in [0.25, 0.3) is 0 Å². The highest BCUT2D eigenvalue weighted by molar-refractivity contribution is 6.32. The molecule has 2 aromatic carbocycles. The van der Waals surface area contributed by atoms with E-state index in [0.29, 0.717) is 5.56 Å². The lowest BCUT2D eigenvalue weighted by Gasteiger charge is -2.35. The second kappa shape index (κ2) is 9.24. The first-order chi connectivity index (χ1) is 15.6. The normalized spacial score (nSPS) is 18.0. The van der Waals surface area contributed by atoms with Crippen molar-refractivity contribution in [2.45, 2.75) is 32.1 Å². The van der Waals surface area contributed by atoms with Crippen molar-refractivity contribution in [3.05, 3.63) is 53.4 Å². The molecule has 3 heterocycles. The molecule has 0 radical (unpaired) electrons. The third-order valence-electron chi connectivity index (χ3n) is 7.08. The smallest absolute Gasteiger partial charge is 0.170 e. The van der Waals surface area contributed by atoms with Crippen LogP contribution in [0.2, 0.25) is 5.02 Å². The molecule has 1 N–H and O–H groups in total. The van der Waals surface area contributed by atoms with Crippen LogP contribution in [-0.4, -0.2) is 47.7 Å². The number of phenolic OH excluding ortho intramolecular Hbond substituents is 1. The fourth-order valence-corrected chi connectivity index (χ4v) is 5.36. The second-order valence-corrected chi connectivity index (χ2v) is 9.53. The van der Waals surface area contributed by atoms with Gasteiger partial charge in [0.15, 0.2) is 11.6 Å². The van der Waals surface area contributed by atoms with E-state index in [-0.39, 0.29) is 5.02 Å². The molecule has 32 heavy (non-hydrogen) atoms. The summed E-state index contributed by atoms with van der Waals surface area (Å²) < 4.78 is 14.0. The van der Waals surface area contributed by atoms with Crippen LogP contribution in [-0.2, 0) is 0 Å². The molecule has 0 atom stereocenters. The molecule has 0 unspecified atom stereocenters. The molecule has 0 aliphatic carbocycles. The molecule has 3 aromatic rings. The van der Waals surface area contributed by atoms with Gasteiger partial charge in [-0.25, -0.2) is 4.39 Å². The van der Waals surface area contributed by atoms with Gasteiger partial charge in [-0.05, 0) is 99.1 Å². The predicted octanol–water partition coefficient (Wildman–Crippen LogP) is 6.10. The first kappa shape index (κ1) is 21.5. The molecule has 0 saturated carbocycles. The number of hydrogen-bond acceptors (Lipinski definition) is 4. The minimum absolute atomic E-state index is 0.0162. The monoisotopic (exact) mass is 453 g/mol. The minimum Gasteiger partial charge on any atom is -0.504 e. The molecule has 0 spiro atoms.